The van der Waals surface area contributed by atoms with Gasteiger partial charge in [0, 0.05) is 13.2 Å². The molecule has 0 amide bonds. The first-order valence-corrected chi connectivity index (χ1v) is 7.14. The van der Waals surface area contributed by atoms with E-state index >= 15 is 0 Å². The highest BCUT2D eigenvalue weighted by Gasteiger charge is 2.17. The van der Waals surface area contributed by atoms with E-state index in [0.29, 0.717) is 24.9 Å². The van der Waals surface area contributed by atoms with Crippen LogP contribution in [-0.4, -0.2) is 22.3 Å². The van der Waals surface area contributed by atoms with Crippen molar-refractivity contribution in [2.45, 2.75) is 51.7 Å². The van der Waals surface area contributed by atoms with Gasteiger partial charge in [-0.15, -0.1) is 0 Å². The van der Waals surface area contributed by atoms with Gasteiger partial charge in [-0.1, -0.05) is 24.9 Å². The number of nitrogens with one attached hydrogen (secondary N) is 1. The lowest BCUT2D eigenvalue weighted by atomic mass is 10.1. The van der Waals surface area contributed by atoms with Crippen LogP contribution in [0.5, 0.6) is 0 Å². The Bertz CT molecular complexity index is 544. The van der Waals surface area contributed by atoms with Gasteiger partial charge >= 0.3 is 5.69 Å². The van der Waals surface area contributed by atoms with Gasteiger partial charge in [0.25, 0.3) is 5.56 Å². The van der Waals surface area contributed by atoms with Crippen molar-refractivity contribution in [3.8, 4) is 0 Å². The van der Waals surface area contributed by atoms with E-state index in [4.69, 9.17) is 16.3 Å². The van der Waals surface area contributed by atoms with Crippen molar-refractivity contribution in [2.75, 3.05) is 6.61 Å². The highest BCUT2D eigenvalue weighted by atomic mass is 35.5. The molecular formula is C13H19ClN2O3. The Balaban J connectivity index is 2.21. The number of rotatable bonds is 5. The predicted octanol–water partition coefficient (Wildman–Crippen LogP) is 1.71. The predicted molar refractivity (Wildman–Crippen MR) is 73.9 cm³/mol. The molecule has 1 unspecified atom stereocenters. The molecule has 1 fully saturated rings. The quantitative estimate of drug-likeness (QED) is 0.838. The minimum atomic E-state index is -0.437. The zero-order chi connectivity index (χ0) is 13.8. The van der Waals surface area contributed by atoms with E-state index in [1.807, 2.05) is 6.92 Å². The molecule has 2 rings (SSSR count). The normalized spacial score (nSPS) is 18.9. The molecule has 0 saturated carbocycles. The minimum Gasteiger partial charge on any atom is -0.378 e. The van der Waals surface area contributed by atoms with E-state index in [1.54, 1.807) is 0 Å². The summed E-state index contributed by atoms with van der Waals surface area (Å²) in [5.74, 6) is 0. The van der Waals surface area contributed by atoms with E-state index in [1.165, 1.54) is 4.57 Å². The van der Waals surface area contributed by atoms with Crippen molar-refractivity contribution in [2.24, 2.45) is 0 Å². The van der Waals surface area contributed by atoms with E-state index in [0.717, 1.165) is 25.9 Å². The Morgan fingerprint density at radius 2 is 2.26 bits per heavy atom. The summed E-state index contributed by atoms with van der Waals surface area (Å²) in [6, 6.07) is 0. The molecule has 5 nitrogen and oxygen atoms in total. The van der Waals surface area contributed by atoms with Gasteiger partial charge in [-0.25, -0.2) is 4.79 Å². The molecule has 0 aromatic carbocycles. The van der Waals surface area contributed by atoms with Crippen molar-refractivity contribution in [1.29, 1.82) is 0 Å². The molecule has 0 bridgehead atoms. The third-order valence-corrected chi connectivity index (χ3v) is 3.75. The lowest BCUT2D eigenvalue weighted by molar-refractivity contribution is 0.0997. The van der Waals surface area contributed by atoms with Crippen LogP contribution >= 0.6 is 11.6 Å². The Kier molecular flexibility index (Phi) is 4.82. The van der Waals surface area contributed by atoms with Gasteiger partial charge in [-0.3, -0.25) is 14.3 Å². The van der Waals surface area contributed by atoms with Crippen molar-refractivity contribution >= 4 is 11.6 Å². The van der Waals surface area contributed by atoms with Crippen LogP contribution in [0.1, 0.15) is 38.2 Å². The monoisotopic (exact) mass is 286 g/mol. The van der Waals surface area contributed by atoms with Crippen LogP contribution in [0.3, 0.4) is 0 Å². The maximum atomic E-state index is 12.2. The molecule has 0 radical (unpaired) electrons. The van der Waals surface area contributed by atoms with Crippen LogP contribution in [0.2, 0.25) is 5.15 Å². The zero-order valence-corrected chi connectivity index (χ0v) is 11.8. The number of aromatic amines is 1. The zero-order valence-electron chi connectivity index (χ0n) is 11.1. The molecule has 106 valence electrons. The summed E-state index contributed by atoms with van der Waals surface area (Å²) in [5, 5.41) is 0.171. The second-order valence-corrected chi connectivity index (χ2v) is 5.23. The van der Waals surface area contributed by atoms with Crippen LogP contribution in [-0.2, 0) is 17.7 Å². The molecule has 0 aliphatic carbocycles. The topological polar surface area (TPSA) is 64.1 Å². The molecule has 1 aliphatic heterocycles. The fourth-order valence-corrected chi connectivity index (χ4v) is 2.66. The van der Waals surface area contributed by atoms with Crippen LogP contribution < -0.4 is 11.2 Å². The molecule has 2 heterocycles. The Morgan fingerprint density at radius 3 is 2.89 bits per heavy atom. The van der Waals surface area contributed by atoms with Gasteiger partial charge in [-0.2, -0.15) is 0 Å². The van der Waals surface area contributed by atoms with Gasteiger partial charge < -0.3 is 4.74 Å². The first-order valence-electron chi connectivity index (χ1n) is 6.76. The van der Waals surface area contributed by atoms with Crippen molar-refractivity contribution < 1.29 is 4.74 Å². The Hall–Kier alpha value is -1.07. The fourth-order valence-electron chi connectivity index (χ4n) is 2.40. The van der Waals surface area contributed by atoms with Gasteiger partial charge in [0.05, 0.1) is 11.7 Å². The van der Waals surface area contributed by atoms with Crippen LogP contribution in [0.25, 0.3) is 0 Å². The minimum absolute atomic E-state index is 0.164. The van der Waals surface area contributed by atoms with Gasteiger partial charge in [0.2, 0.25) is 0 Å². The molecule has 1 N–H and O–H groups in total. The van der Waals surface area contributed by atoms with E-state index in [2.05, 4.69) is 4.98 Å². The number of halogens is 1. The lowest BCUT2D eigenvalue weighted by Gasteiger charge is -2.11. The van der Waals surface area contributed by atoms with Crippen molar-refractivity contribution in [3.05, 3.63) is 31.6 Å². The first-order chi connectivity index (χ1) is 9.13. The number of aromatic nitrogens is 2. The van der Waals surface area contributed by atoms with Crippen LogP contribution in [0.4, 0.5) is 0 Å². The third kappa shape index (κ3) is 3.28. The largest absolute Gasteiger partial charge is 0.378 e. The highest BCUT2D eigenvalue weighted by Crippen LogP contribution is 2.15. The average molecular weight is 287 g/mol. The van der Waals surface area contributed by atoms with E-state index in [-0.39, 0.29) is 16.8 Å². The maximum absolute atomic E-state index is 12.2. The standard InChI is InChI=1S/C13H19ClN2O3/c1-2-4-10-11(14)15-13(18)16(12(10)17)7-6-9-5-3-8-19-9/h9H,2-8H2,1H3,(H,15,18). The highest BCUT2D eigenvalue weighted by molar-refractivity contribution is 6.30. The van der Waals surface area contributed by atoms with Crippen LogP contribution in [0.15, 0.2) is 9.59 Å². The summed E-state index contributed by atoms with van der Waals surface area (Å²) in [7, 11) is 0. The maximum Gasteiger partial charge on any atom is 0.329 e. The fraction of sp³-hybridized carbons (Fsp3) is 0.692. The molecule has 6 heteroatoms. The number of hydrogen-bond donors (Lipinski definition) is 1. The smallest absolute Gasteiger partial charge is 0.329 e. The Labute approximate surface area is 116 Å². The summed E-state index contributed by atoms with van der Waals surface area (Å²) >= 11 is 5.92. The van der Waals surface area contributed by atoms with Crippen LogP contribution in [0, 0.1) is 0 Å². The van der Waals surface area contributed by atoms with E-state index in [9.17, 15) is 9.59 Å². The second-order valence-electron chi connectivity index (χ2n) is 4.85. The molecule has 1 aromatic rings. The molecule has 1 aliphatic rings. The molecule has 0 spiro atoms. The summed E-state index contributed by atoms with van der Waals surface area (Å²) in [4.78, 5) is 26.6. The molecular weight excluding hydrogens is 268 g/mol. The van der Waals surface area contributed by atoms with Gasteiger partial charge in [-0.05, 0) is 25.7 Å². The second kappa shape index (κ2) is 6.39. The number of hydrogen-bond acceptors (Lipinski definition) is 3. The molecule has 1 atom stereocenters. The van der Waals surface area contributed by atoms with Crippen molar-refractivity contribution in [1.82, 2.24) is 9.55 Å². The summed E-state index contributed by atoms with van der Waals surface area (Å²) in [6.07, 6.45) is 4.30. The van der Waals surface area contributed by atoms with Gasteiger partial charge in [0.1, 0.15) is 5.15 Å². The average Bonchev–Trinajstić information content (AvgIpc) is 2.87. The number of ether oxygens (including phenoxy) is 1. The summed E-state index contributed by atoms with van der Waals surface area (Å²) < 4.78 is 6.74. The summed E-state index contributed by atoms with van der Waals surface area (Å²) in [5.41, 5.74) is -0.211. The number of H-pyrrole nitrogens is 1. The van der Waals surface area contributed by atoms with Crippen molar-refractivity contribution in [3.63, 3.8) is 0 Å². The third-order valence-electron chi connectivity index (χ3n) is 3.43. The lowest BCUT2D eigenvalue weighted by Crippen LogP contribution is -2.38. The molecule has 1 saturated heterocycles. The van der Waals surface area contributed by atoms with E-state index < -0.39 is 5.69 Å². The first kappa shape index (κ1) is 14.3. The molecule has 1 aromatic heterocycles. The number of nitrogens with zero attached hydrogens (tertiary/aromatic N) is 1. The molecule has 19 heavy (non-hydrogen) atoms. The SMILES string of the molecule is CCCc1c(Cl)[nH]c(=O)n(CCC2CCCO2)c1=O. The van der Waals surface area contributed by atoms with Gasteiger partial charge in [0.15, 0.2) is 0 Å². The Morgan fingerprint density at radius 1 is 1.47 bits per heavy atom. The summed E-state index contributed by atoms with van der Waals surface area (Å²) in [6.45, 7) is 3.13.